The number of halogens is 1. The van der Waals surface area contributed by atoms with Crippen LogP contribution in [0, 0.1) is 0 Å². The molecule has 0 bridgehead atoms. The highest BCUT2D eigenvalue weighted by molar-refractivity contribution is 7.81. The molecule has 0 aliphatic carbocycles. The van der Waals surface area contributed by atoms with Gasteiger partial charge in [0.15, 0.2) is 0 Å². The maximum absolute atomic E-state index is 11.3. The molecule has 0 saturated carbocycles. The Balaban J connectivity index is 2.54. The van der Waals surface area contributed by atoms with Crippen molar-refractivity contribution in [2.45, 2.75) is 6.61 Å². The van der Waals surface area contributed by atoms with Crippen molar-refractivity contribution in [3.05, 3.63) is 35.9 Å². The van der Waals surface area contributed by atoms with E-state index in [1.165, 1.54) is 0 Å². The fourth-order valence-corrected chi connectivity index (χ4v) is 1.05. The third-order valence-corrected chi connectivity index (χ3v) is 1.85. The van der Waals surface area contributed by atoms with Crippen molar-refractivity contribution in [1.82, 2.24) is 0 Å². The van der Waals surface area contributed by atoms with Gasteiger partial charge in [0, 0.05) is 0 Å². The van der Waals surface area contributed by atoms with E-state index in [1.54, 1.807) is 30.3 Å². The fraction of sp³-hybridized carbons (Fsp3) is 0.143. The maximum atomic E-state index is 11.3. The molecule has 0 amide bonds. The molecule has 0 fully saturated rings. The normalized spacial score (nSPS) is 11.5. The van der Waals surface area contributed by atoms with Gasteiger partial charge < -0.3 is 0 Å². The average Bonchev–Trinajstić information content (AvgIpc) is 2.17. The van der Waals surface area contributed by atoms with Gasteiger partial charge in [-0.25, -0.2) is 4.18 Å². The summed E-state index contributed by atoms with van der Waals surface area (Å²) in [5.74, 6) is 0. The number of rotatable bonds is 4. The zero-order chi connectivity index (χ0) is 9.73. The molecule has 0 heterocycles. The third kappa shape index (κ3) is 3.49. The van der Waals surface area contributed by atoms with Crippen LogP contribution in [0.15, 0.2) is 30.3 Å². The van der Waals surface area contributed by atoms with Gasteiger partial charge in [-0.3, -0.25) is 0 Å². The largest absolute Gasteiger partial charge is 0.430 e. The summed E-state index contributed by atoms with van der Waals surface area (Å²) in [6, 6.07) is 8.48. The van der Waals surface area contributed by atoms with Crippen LogP contribution in [0.1, 0.15) is 5.56 Å². The quantitative estimate of drug-likeness (QED) is 0.746. The van der Waals surface area contributed by atoms with Crippen molar-refractivity contribution in [3.8, 4) is 0 Å². The Morgan fingerprint density at radius 2 is 1.85 bits per heavy atom. The first-order valence-corrected chi connectivity index (χ1v) is 4.71. The molecule has 0 aromatic heterocycles. The Bertz CT molecular complexity index is 348. The zero-order valence-corrected chi connectivity index (χ0v) is 7.33. The lowest BCUT2D eigenvalue weighted by Gasteiger charge is -1.99. The van der Waals surface area contributed by atoms with Gasteiger partial charge in [-0.15, -0.1) is 0 Å². The molecule has 13 heavy (non-hydrogen) atoms. The summed E-state index contributed by atoms with van der Waals surface area (Å²) in [6.07, 6.45) is 0. The number of hydrogen-bond acceptors (Lipinski definition) is 4. The van der Waals surface area contributed by atoms with E-state index in [1.807, 2.05) is 0 Å². The van der Waals surface area contributed by atoms with E-state index >= 15 is 0 Å². The lowest BCUT2D eigenvalue weighted by Crippen LogP contribution is -2.05. The second-order valence-corrected chi connectivity index (χ2v) is 3.40. The minimum Gasteiger partial charge on any atom is -0.241 e. The third-order valence-electron chi connectivity index (χ3n) is 1.29. The molecule has 0 aliphatic rings. The molecule has 72 valence electrons. The van der Waals surface area contributed by atoms with Crippen LogP contribution in [-0.4, -0.2) is 8.42 Å². The Labute approximate surface area is 75.1 Å². The standard InChI is InChI=1S/C7H7FO4S/c8-12-13(9,10)11-6-7-4-2-1-3-5-7/h1-5H,6H2. The Hall–Kier alpha value is -0.980. The van der Waals surface area contributed by atoms with Crippen molar-refractivity contribution < 1.29 is 21.5 Å². The monoisotopic (exact) mass is 206 g/mol. The van der Waals surface area contributed by atoms with Gasteiger partial charge in [-0.1, -0.05) is 30.3 Å². The first kappa shape index (κ1) is 10.1. The molecule has 1 rings (SSSR count). The number of benzene rings is 1. The second-order valence-electron chi connectivity index (χ2n) is 2.22. The van der Waals surface area contributed by atoms with Gasteiger partial charge in [0.25, 0.3) is 0 Å². The van der Waals surface area contributed by atoms with Gasteiger partial charge in [0.1, 0.15) is 0 Å². The Morgan fingerprint density at radius 3 is 2.38 bits per heavy atom. The van der Waals surface area contributed by atoms with E-state index in [9.17, 15) is 12.9 Å². The highest BCUT2D eigenvalue weighted by Gasteiger charge is 2.11. The van der Waals surface area contributed by atoms with E-state index in [-0.39, 0.29) is 6.61 Å². The predicted molar refractivity (Wildman–Crippen MR) is 42.3 cm³/mol. The van der Waals surface area contributed by atoms with Crippen LogP contribution in [-0.2, 0) is 25.6 Å². The Morgan fingerprint density at radius 1 is 1.23 bits per heavy atom. The average molecular weight is 206 g/mol. The highest BCUT2D eigenvalue weighted by Crippen LogP contribution is 2.04. The second kappa shape index (κ2) is 4.31. The van der Waals surface area contributed by atoms with Gasteiger partial charge >= 0.3 is 10.4 Å². The van der Waals surface area contributed by atoms with Crippen molar-refractivity contribution in [2.75, 3.05) is 0 Å². The highest BCUT2D eigenvalue weighted by atomic mass is 32.3. The molecular weight excluding hydrogens is 199 g/mol. The van der Waals surface area contributed by atoms with E-state index in [0.717, 1.165) is 0 Å². The number of hydrogen-bond donors (Lipinski definition) is 0. The van der Waals surface area contributed by atoms with E-state index in [2.05, 4.69) is 8.57 Å². The van der Waals surface area contributed by atoms with Gasteiger partial charge in [0.05, 0.1) is 6.61 Å². The summed E-state index contributed by atoms with van der Waals surface area (Å²) >= 11 is 0. The Kier molecular flexibility index (Phi) is 3.35. The minimum absolute atomic E-state index is 0.243. The molecule has 0 spiro atoms. The molecular formula is C7H7FO4S. The van der Waals surface area contributed by atoms with Crippen molar-refractivity contribution >= 4 is 10.4 Å². The van der Waals surface area contributed by atoms with Crippen molar-refractivity contribution in [2.24, 2.45) is 0 Å². The first-order valence-electron chi connectivity index (χ1n) is 3.37. The zero-order valence-electron chi connectivity index (χ0n) is 6.51. The molecule has 0 radical (unpaired) electrons. The molecule has 1 aromatic rings. The van der Waals surface area contributed by atoms with Crippen molar-refractivity contribution in [1.29, 1.82) is 0 Å². The van der Waals surface area contributed by atoms with Crippen LogP contribution < -0.4 is 0 Å². The van der Waals surface area contributed by atoms with E-state index in [4.69, 9.17) is 0 Å². The molecule has 0 aliphatic heterocycles. The van der Waals surface area contributed by atoms with Gasteiger partial charge in [0.2, 0.25) is 0 Å². The van der Waals surface area contributed by atoms with Crippen LogP contribution >= 0.6 is 0 Å². The predicted octanol–water partition coefficient (Wildman–Crippen LogP) is 1.35. The molecule has 0 unspecified atom stereocenters. The van der Waals surface area contributed by atoms with E-state index in [0.29, 0.717) is 5.56 Å². The van der Waals surface area contributed by atoms with Crippen LogP contribution in [0.25, 0.3) is 0 Å². The topological polar surface area (TPSA) is 52.6 Å². The molecule has 1 aromatic carbocycles. The summed E-state index contributed by atoms with van der Waals surface area (Å²) in [5.41, 5.74) is 0.614. The molecule has 0 atom stereocenters. The van der Waals surface area contributed by atoms with Crippen molar-refractivity contribution in [3.63, 3.8) is 0 Å². The lowest BCUT2D eigenvalue weighted by molar-refractivity contribution is -0.0194. The SMILES string of the molecule is O=S(=O)(OF)OCc1ccccc1. The summed E-state index contributed by atoms with van der Waals surface area (Å²) < 4.78 is 38.7. The van der Waals surface area contributed by atoms with Crippen LogP contribution in [0.5, 0.6) is 0 Å². The molecule has 4 nitrogen and oxygen atoms in total. The summed E-state index contributed by atoms with van der Waals surface area (Å²) in [4.78, 5) is 0. The summed E-state index contributed by atoms with van der Waals surface area (Å²) in [5, 5.41) is 0. The van der Waals surface area contributed by atoms with Gasteiger partial charge in [-0.2, -0.15) is 8.42 Å². The van der Waals surface area contributed by atoms with Crippen LogP contribution in [0.2, 0.25) is 0 Å². The smallest absolute Gasteiger partial charge is 0.241 e. The van der Waals surface area contributed by atoms with Crippen LogP contribution in [0.4, 0.5) is 4.53 Å². The summed E-state index contributed by atoms with van der Waals surface area (Å²) in [6.45, 7) is -0.243. The molecule has 0 N–H and O–H groups in total. The van der Waals surface area contributed by atoms with E-state index < -0.39 is 10.4 Å². The fourth-order valence-electron chi connectivity index (χ4n) is 0.733. The molecule has 0 saturated heterocycles. The summed E-state index contributed by atoms with van der Waals surface area (Å²) in [7, 11) is -4.48. The minimum atomic E-state index is -4.48. The lowest BCUT2D eigenvalue weighted by atomic mass is 10.2. The van der Waals surface area contributed by atoms with Gasteiger partial charge in [-0.05, 0) is 14.5 Å². The maximum Gasteiger partial charge on any atom is 0.430 e. The first-order chi connectivity index (χ1) is 6.14. The molecule has 6 heteroatoms. The van der Waals surface area contributed by atoms with Crippen LogP contribution in [0.3, 0.4) is 0 Å².